The first-order chi connectivity index (χ1) is 19.5. The van der Waals surface area contributed by atoms with E-state index in [9.17, 15) is 4.79 Å². The predicted molar refractivity (Wildman–Crippen MR) is 166 cm³/mol. The molecule has 0 atom stereocenters. The molecule has 0 fully saturated rings. The monoisotopic (exact) mass is 661 g/mol. The number of halogens is 2. The number of rotatable bonds is 7. The fraction of sp³-hybridized carbons (Fsp3) is 0.0645. The van der Waals surface area contributed by atoms with Crippen LogP contribution in [0.25, 0.3) is 33.5 Å². The number of fused-ring (bicyclic) bond motifs is 2. The highest BCUT2D eigenvalue weighted by Gasteiger charge is 2.17. The summed E-state index contributed by atoms with van der Waals surface area (Å²) in [5.41, 5.74) is 2.66. The summed E-state index contributed by atoms with van der Waals surface area (Å²) in [4.78, 5) is 18.3. The van der Waals surface area contributed by atoms with Gasteiger partial charge in [0.2, 0.25) is 5.82 Å². The van der Waals surface area contributed by atoms with Gasteiger partial charge in [-0.25, -0.2) is 4.98 Å². The molecule has 0 amide bonds. The maximum Gasteiger partial charge on any atom is 0.282 e. The van der Waals surface area contributed by atoms with E-state index < -0.39 is 0 Å². The van der Waals surface area contributed by atoms with Crippen molar-refractivity contribution >= 4 is 62.3 Å². The minimum absolute atomic E-state index is 0.304. The third-order valence-electron chi connectivity index (χ3n) is 6.27. The molecular weight excluding hydrogens is 641 g/mol. The Balaban J connectivity index is 1.39. The van der Waals surface area contributed by atoms with E-state index in [4.69, 9.17) is 30.5 Å². The van der Waals surface area contributed by atoms with Crippen LogP contribution in [0.5, 0.6) is 11.5 Å². The zero-order chi connectivity index (χ0) is 27.6. The van der Waals surface area contributed by atoms with E-state index in [-0.39, 0.29) is 5.56 Å². The molecule has 0 spiro atoms. The molecule has 4 aromatic carbocycles. The maximum atomic E-state index is 13.6. The van der Waals surface area contributed by atoms with Gasteiger partial charge in [-0.05, 0) is 82.2 Å². The molecule has 0 saturated heterocycles. The second kappa shape index (κ2) is 11.1. The average Bonchev–Trinajstić information content (AvgIpc) is 3.41. The summed E-state index contributed by atoms with van der Waals surface area (Å²) in [6, 6.07) is 27.9. The van der Waals surface area contributed by atoms with Crippen LogP contribution in [0.1, 0.15) is 11.1 Å². The molecule has 2 aromatic heterocycles. The minimum Gasteiger partial charge on any atom is -0.493 e. The number of para-hydroxylation sites is 2. The van der Waals surface area contributed by atoms with Crippen molar-refractivity contribution in [2.75, 3.05) is 7.11 Å². The Labute approximate surface area is 247 Å². The first-order valence-electron chi connectivity index (χ1n) is 12.3. The summed E-state index contributed by atoms with van der Waals surface area (Å²) in [6.45, 7) is 0.357. The SMILES string of the molecule is COc1cc(C=Nn2c(-c3cc4ccccc4o3)nc3ccccc3c2=O)cc(I)c1OCc1ccc(Cl)cc1. The van der Waals surface area contributed by atoms with Crippen LogP contribution < -0.4 is 15.0 Å². The number of benzene rings is 4. The Morgan fingerprint density at radius 2 is 1.80 bits per heavy atom. The van der Waals surface area contributed by atoms with Gasteiger partial charge in [0.25, 0.3) is 5.56 Å². The van der Waals surface area contributed by atoms with Gasteiger partial charge in [-0.1, -0.05) is 54.1 Å². The van der Waals surface area contributed by atoms with Crippen LogP contribution in [0.2, 0.25) is 5.02 Å². The maximum absolute atomic E-state index is 13.6. The summed E-state index contributed by atoms with van der Waals surface area (Å²) < 4.78 is 19.9. The van der Waals surface area contributed by atoms with Crippen LogP contribution in [-0.2, 0) is 6.61 Å². The van der Waals surface area contributed by atoms with Gasteiger partial charge < -0.3 is 13.9 Å². The van der Waals surface area contributed by atoms with Crippen LogP contribution in [-0.4, -0.2) is 23.0 Å². The number of ether oxygens (including phenoxy) is 2. The van der Waals surface area contributed by atoms with E-state index >= 15 is 0 Å². The second-order valence-electron chi connectivity index (χ2n) is 8.91. The van der Waals surface area contributed by atoms with Crippen LogP contribution in [0.15, 0.2) is 105 Å². The third kappa shape index (κ3) is 5.20. The van der Waals surface area contributed by atoms with Crippen molar-refractivity contribution in [2.24, 2.45) is 5.10 Å². The van der Waals surface area contributed by atoms with Crippen molar-refractivity contribution in [3.05, 3.63) is 121 Å². The number of aromatic nitrogens is 2. The van der Waals surface area contributed by atoms with Gasteiger partial charge in [-0.2, -0.15) is 9.78 Å². The molecule has 2 heterocycles. The van der Waals surface area contributed by atoms with Crippen molar-refractivity contribution < 1.29 is 13.9 Å². The summed E-state index contributed by atoms with van der Waals surface area (Å²) >= 11 is 8.19. The van der Waals surface area contributed by atoms with Gasteiger partial charge in [-0.15, -0.1) is 0 Å². The fourth-order valence-electron chi connectivity index (χ4n) is 4.30. The number of hydrogen-bond acceptors (Lipinski definition) is 6. The number of hydrogen-bond donors (Lipinski definition) is 0. The number of nitrogens with zero attached hydrogens (tertiary/aromatic N) is 3. The summed E-state index contributed by atoms with van der Waals surface area (Å²) in [7, 11) is 1.58. The fourth-order valence-corrected chi connectivity index (χ4v) is 5.20. The van der Waals surface area contributed by atoms with Crippen molar-refractivity contribution in [3.8, 4) is 23.1 Å². The highest BCUT2D eigenvalue weighted by Crippen LogP contribution is 2.34. The van der Waals surface area contributed by atoms with E-state index in [0.717, 1.165) is 20.1 Å². The highest BCUT2D eigenvalue weighted by molar-refractivity contribution is 14.1. The smallest absolute Gasteiger partial charge is 0.282 e. The predicted octanol–water partition coefficient (Wildman–Crippen LogP) is 7.54. The lowest BCUT2D eigenvalue weighted by Gasteiger charge is -2.14. The molecular formula is C31H21ClIN3O4. The van der Waals surface area contributed by atoms with E-state index in [1.54, 1.807) is 31.5 Å². The van der Waals surface area contributed by atoms with Gasteiger partial charge >= 0.3 is 0 Å². The largest absolute Gasteiger partial charge is 0.493 e. The topological polar surface area (TPSA) is 78.9 Å². The Morgan fingerprint density at radius 3 is 2.60 bits per heavy atom. The Kier molecular flexibility index (Phi) is 7.27. The lowest BCUT2D eigenvalue weighted by Crippen LogP contribution is -2.20. The van der Waals surface area contributed by atoms with Crippen LogP contribution in [0.3, 0.4) is 0 Å². The Morgan fingerprint density at radius 1 is 1.02 bits per heavy atom. The van der Waals surface area contributed by atoms with E-state index in [1.165, 1.54) is 4.68 Å². The van der Waals surface area contributed by atoms with E-state index in [1.807, 2.05) is 72.8 Å². The third-order valence-corrected chi connectivity index (χ3v) is 7.32. The molecule has 0 aliphatic carbocycles. The summed E-state index contributed by atoms with van der Waals surface area (Å²) in [6.07, 6.45) is 1.59. The van der Waals surface area contributed by atoms with E-state index in [0.29, 0.717) is 51.2 Å². The molecule has 0 radical (unpaired) electrons. The van der Waals surface area contributed by atoms with Crippen molar-refractivity contribution in [1.29, 1.82) is 0 Å². The Bertz CT molecular complexity index is 1910. The average molecular weight is 662 g/mol. The number of furan rings is 1. The second-order valence-corrected chi connectivity index (χ2v) is 10.5. The molecule has 6 rings (SSSR count). The lowest BCUT2D eigenvalue weighted by molar-refractivity contribution is 0.282. The van der Waals surface area contributed by atoms with Crippen molar-refractivity contribution in [1.82, 2.24) is 9.66 Å². The summed E-state index contributed by atoms with van der Waals surface area (Å²) in [5.74, 6) is 1.91. The standard InChI is InChI=1S/C31H21ClIN3O4/c1-38-27-15-20(14-24(33)29(27)39-18-19-10-12-22(32)13-11-19)17-34-36-30(28-16-21-6-2-5-9-26(21)40-28)35-25-8-4-3-7-23(25)31(36)37/h2-17H,18H2,1H3. The quantitative estimate of drug-likeness (QED) is 0.131. The molecule has 6 aromatic rings. The van der Waals surface area contributed by atoms with Crippen molar-refractivity contribution in [2.45, 2.75) is 6.61 Å². The lowest BCUT2D eigenvalue weighted by atomic mass is 10.2. The zero-order valence-electron chi connectivity index (χ0n) is 21.2. The normalized spacial score (nSPS) is 11.5. The molecule has 0 bridgehead atoms. The minimum atomic E-state index is -0.304. The first-order valence-corrected chi connectivity index (χ1v) is 13.8. The Hall–Kier alpha value is -4.15. The van der Waals surface area contributed by atoms with Crippen molar-refractivity contribution in [3.63, 3.8) is 0 Å². The molecule has 198 valence electrons. The molecule has 0 unspecified atom stereocenters. The van der Waals surface area contributed by atoms with E-state index in [2.05, 4.69) is 27.7 Å². The molecule has 40 heavy (non-hydrogen) atoms. The van der Waals surface area contributed by atoms with Gasteiger partial charge in [0.1, 0.15) is 12.2 Å². The molecule has 0 N–H and O–H groups in total. The van der Waals surface area contributed by atoms with Gasteiger partial charge in [0.15, 0.2) is 17.3 Å². The van der Waals surface area contributed by atoms with Gasteiger partial charge in [-0.3, -0.25) is 4.79 Å². The molecule has 0 aliphatic heterocycles. The molecule has 0 saturated carbocycles. The first kappa shape index (κ1) is 26.1. The highest BCUT2D eigenvalue weighted by atomic mass is 127. The van der Waals surface area contributed by atoms with Gasteiger partial charge in [0.05, 0.1) is 27.8 Å². The van der Waals surface area contributed by atoms with Crippen LogP contribution in [0, 0.1) is 3.57 Å². The van der Waals surface area contributed by atoms with Crippen LogP contribution >= 0.6 is 34.2 Å². The molecule has 7 nitrogen and oxygen atoms in total. The summed E-state index contributed by atoms with van der Waals surface area (Å²) in [5, 5.41) is 6.60. The van der Waals surface area contributed by atoms with Gasteiger partial charge in [0, 0.05) is 10.4 Å². The number of methoxy groups -OCH3 is 1. The molecule has 9 heteroatoms. The molecule has 0 aliphatic rings. The zero-order valence-corrected chi connectivity index (χ0v) is 24.1. The van der Waals surface area contributed by atoms with Crippen LogP contribution in [0.4, 0.5) is 0 Å².